The molecule has 0 unspecified atom stereocenters. The molecule has 1 aromatic rings. The Morgan fingerprint density at radius 3 is 2.89 bits per heavy atom. The number of nitrogens with zero attached hydrogens (tertiary/aromatic N) is 3. The first-order valence-electron chi connectivity index (χ1n) is 6.25. The maximum Gasteiger partial charge on any atom is 0.411 e. The summed E-state index contributed by atoms with van der Waals surface area (Å²) in [4.78, 5) is 0. The Kier molecular flexibility index (Phi) is 6.79. The van der Waals surface area contributed by atoms with Crippen LogP contribution in [0.15, 0.2) is 6.20 Å². The van der Waals surface area contributed by atoms with Gasteiger partial charge in [-0.3, -0.25) is 4.68 Å². The summed E-state index contributed by atoms with van der Waals surface area (Å²) < 4.78 is 41.5. The lowest BCUT2D eigenvalue weighted by Gasteiger charge is -2.07. The van der Waals surface area contributed by atoms with E-state index in [-0.39, 0.29) is 6.61 Å². The molecule has 0 saturated carbocycles. The van der Waals surface area contributed by atoms with Crippen molar-refractivity contribution in [3.05, 3.63) is 11.9 Å². The Morgan fingerprint density at radius 1 is 1.42 bits per heavy atom. The van der Waals surface area contributed by atoms with Crippen LogP contribution in [-0.2, 0) is 17.8 Å². The predicted molar refractivity (Wildman–Crippen MR) is 63.5 cm³/mol. The first kappa shape index (κ1) is 15.9. The molecule has 0 atom stereocenters. The van der Waals surface area contributed by atoms with E-state index in [1.165, 1.54) is 0 Å². The highest BCUT2D eigenvalue weighted by atomic mass is 19.4. The average Bonchev–Trinajstić information content (AvgIpc) is 2.75. The molecule has 110 valence electrons. The van der Waals surface area contributed by atoms with Gasteiger partial charge < -0.3 is 10.1 Å². The van der Waals surface area contributed by atoms with Gasteiger partial charge in [-0.1, -0.05) is 12.1 Å². The quantitative estimate of drug-likeness (QED) is 0.700. The van der Waals surface area contributed by atoms with Crippen LogP contribution in [0, 0.1) is 0 Å². The lowest BCUT2D eigenvalue weighted by atomic mass is 10.4. The van der Waals surface area contributed by atoms with E-state index in [4.69, 9.17) is 0 Å². The zero-order valence-electron chi connectivity index (χ0n) is 10.9. The lowest BCUT2D eigenvalue weighted by molar-refractivity contribution is -0.174. The SMILES string of the molecule is CCCNCc1cn(CCCOCC(F)(F)F)nn1. The van der Waals surface area contributed by atoms with Gasteiger partial charge in [-0.05, 0) is 19.4 Å². The molecule has 0 aliphatic heterocycles. The van der Waals surface area contributed by atoms with Crippen LogP contribution in [0.1, 0.15) is 25.5 Å². The second-order valence-corrected chi connectivity index (χ2v) is 4.17. The molecular formula is C11H19F3N4O. The van der Waals surface area contributed by atoms with Crippen LogP contribution in [0.3, 0.4) is 0 Å². The highest BCUT2D eigenvalue weighted by Crippen LogP contribution is 2.14. The third-order valence-corrected chi connectivity index (χ3v) is 2.26. The number of alkyl halides is 3. The highest BCUT2D eigenvalue weighted by molar-refractivity contribution is 4.91. The molecular weight excluding hydrogens is 261 g/mol. The number of ether oxygens (including phenoxy) is 1. The number of nitrogens with one attached hydrogen (secondary N) is 1. The molecule has 1 N–H and O–H groups in total. The molecule has 1 rings (SSSR count). The Morgan fingerprint density at radius 2 is 2.21 bits per heavy atom. The van der Waals surface area contributed by atoms with E-state index in [9.17, 15) is 13.2 Å². The Balaban J connectivity index is 2.12. The van der Waals surface area contributed by atoms with Crippen molar-refractivity contribution >= 4 is 0 Å². The van der Waals surface area contributed by atoms with Crippen LogP contribution in [-0.4, -0.2) is 40.9 Å². The van der Waals surface area contributed by atoms with E-state index < -0.39 is 12.8 Å². The highest BCUT2D eigenvalue weighted by Gasteiger charge is 2.27. The zero-order chi connectivity index (χ0) is 14.1. The van der Waals surface area contributed by atoms with Gasteiger partial charge in [0.15, 0.2) is 0 Å². The number of hydrogen-bond donors (Lipinski definition) is 1. The molecule has 19 heavy (non-hydrogen) atoms. The van der Waals surface area contributed by atoms with Gasteiger partial charge >= 0.3 is 6.18 Å². The fraction of sp³-hybridized carbons (Fsp3) is 0.818. The van der Waals surface area contributed by atoms with Gasteiger partial charge in [-0.2, -0.15) is 13.2 Å². The summed E-state index contributed by atoms with van der Waals surface area (Å²) in [7, 11) is 0. The molecule has 0 aromatic carbocycles. The summed E-state index contributed by atoms with van der Waals surface area (Å²) in [5.41, 5.74) is 0.824. The summed E-state index contributed by atoms with van der Waals surface area (Å²) >= 11 is 0. The Labute approximate surface area is 110 Å². The van der Waals surface area contributed by atoms with Crippen LogP contribution in [0.2, 0.25) is 0 Å². The Hall–Kier alpha value is -1.15. The molecule has 0 aliphatic rings. The van der Waals surface area contributed by atoms with Crippen molar-refractivity contribution in [2.24, 2.45) is 0 Å². The van der Waals surface area contributed by atoms with Gasteiger partial charge in [-0.15, -0.1) is 5.10 Å². The van der Waals surface area contributed by atoms with Crippen molar-refractivity contribution in [1.82, 2.24) is 20.3 Å². The molecule has 1 aromatic heterocycles. The molecule has 5 nitrogen and oxygen atoms in total. The van der Waals surface area contributed by atoms with Gasteiger partial charge in [0.1, 0.15) is 6.61 Å². The van der Waals surface area contributed by atoms with Crippen LogP contribution in [0.25, 0.3) is 0 Å². The van der Waals surface area contributed by atoms with E-state index in [1.807, 2.05) is 0 Å². The Bertz CT molecular complexity index is 354. The standard InChI is InChI=1S/C11H19F3N4O/c1-2-4-15-7-10-8-18(17-16-10)5-3-6-19-9-11(12,13)14/h8,15H,2-7,9H2,1H3. The van der Waals surface area contributed by atoms with E-state index in [2.05, 4.69) is 27.3 Å². The molecule has 0 aliphatic carbocycles. The van der Waals surface area contributed by atoms with E-state index in [1.54, 1.807) is 10.9 Å². The molecule has 0 spiro atoms. The fourth-order valence-electron chi connectivity index (χ4n) is 1.44. The monoisotopic (exact) mass is 280 g/mol. The van der Waals surface area contributed by atoms with Gasteiger partial charge in [-0.25, -0.2) is 0 Å². The maximum absolute atomic E-state index is 11.8. The number of aryl methyl sites for hydroxylation is 1. The van der Waals surface area contributed by atoms with Crippen LogP contribution < -0.4 is 5.32 Å². The lowest BCUT2D eigenvalue weighted by Crippen LogP contribution is -2.17. The predicted octanol–water partition coefficient (Wildman–Crippen LogP) is 1.75. The number of hydrogen-bond acceptors (Lipinski definition) is 4. The normalized spacial score (nSPS) is 12.0. The zero-order valence-corrected chi connectivity index (χ0v) is 10.9. The second kappa shape index (κ2) is 8.11. The molecule has 8 heteroatoms. The molecule has 1 heterocycles. The first-order chi connectivity index (χ1) is 9.01. The van der Waals surface area contributed by atoms with E-state index in [0.717, 1.165) is 18.7 Å². The number of rotatable bonds is 9. The minimum Gasteiger partial charge on any atom is -0.372 e. The minimum atomic E-state index is -4.26. The largest absolute Gasteiger partial charge is 0.411 e. The van der Waals surface area contributed by atoms with Crippen molar-refractivity contribution in [3.8, 4) is 0 Å². The summed E-state index contributed by atoms with van der Waals surface area (Å²) in [6.07, 6.45) is -0.955. The molecule has 0 fully saturated rings. The van der Waals surface area contributed by atoms with Crippen LogP contribution in [0.5, 0.6) is 0 Å². The van der Waals surface area contributed by atoms with Crippen molar-refractivity contribution in [2.75, 3.05) is 19.8 Å². The molecule has 0 saturated heterocycles. The third-order valence-electron chi connectivity index (χ3n) is 2.26. The fourth-order valence-corrected chi connectivity index (χ4v) is 1.44. The molecule has 0 bridgehead atoms. The van der Waals surface area contributed by atoms with E-state index >= 15 is 0 Å². The average molecular weight is 280 g/mol. The summed E-state index contributed by atoms with van der Waals surface area (Å²) in [5, 5.41) is 11.0. The number of halogens is 3. The summed E-state index contributed by atoms with van der Waals surface area (Å²) in [6, 6.07) is 0. The van der Waals surface area contributed by atoms with Crippen molar-refractivity contribution in [1.29, 1.82) is 0 Å². The van der Waals surface area contributed by atoms with Gasteiger partial charge in [0.05, 0.1) is 5.69 Å². The smallest absolute Gasteiger partial charge is 0.372 e. The van der Waals surface area contributed by atoms with Crippen molar-refractivity contribution in [2.45, 2.75) is 39.0 Å². The van der Waals surface area contributed by atoms with Crippen LogP contribution >= 0.6 is 0 Å². The third kappa shape index (κ3) is 7.78. The van der Waals surface area contributed by atoms with E-state index in [0.29, 0.717) is 19.5 Å². The second-order valence-electron chi connectivity index (χ2n) is 4.17. The maximum atomic E-state index is 11.8. The topological polar surface area (TPSA) is 52.0 Å². The first-order valence-corrected chi connectivity index (χ1v) is 6.25. The molecule has 0 radical (unpaired) electrons. The summed E-state index contributed by atoms with van der Waals surface area (Å²) in [6.45, 7) is 3.00. The van der Waals surface area contributed by atoms with Crippen LogP contribution in [0.4, 0.5) is 13.2 Å². The van der Waals surface area contributed by atoms with Gasteiger partial charge in [0.25, 0.3) is 0 Å². The summed E-state index contributed by atoms with van der Waals surface area (Å²) in [5.74, 6) is 0. The number of aromatic nitrogens is 3. The molecule has 0 amide bonds. The van der Waals surface area contributed by atoms with Gasteiger partial charge in [0.2, 0.25) is 0 Å². The minimum absolute atomic E-state index is 0.0583. The van der Waals surface area contributed by atoms with Crippen molar-refractivity contribution < 1.29 is 17.9 Å². The van der Waals surface area contributed by atoms with Gasteiger partial charge in [0, 0.05) is 25.9 Å². The van der Waals surface area contributed by atoms with Crippen molar-refractivity contribution in [3.63, 3.8) is 0 Å².